The second kappa shape index (κ2) is 10.1. The zero-order valence-corrected chi connectivity index (χ0v) is 16.7. The lowest BCUT2D eigenvalue weighted by Gasteiger charge is -2.19. The van der Waals surface area contributed by atoms with E-state index in [0.29, 0.717) is 29.2 Å². The Morgan fingerprint density at radius 1 is 1.14 bits per heavy atom. The number of phenols is 2. The number of benzene rings is 2. The van der Waals surface area contributed by atoms with Crippen LogP contribution in [0.25, 0.3) is 0 Å². The fraction of sp³-hybridized carbons (Fsp3) is 0.381. The number of nitrogens with two attached hydrogens (primary N) is 1. The molecule has 0 aliphatic rings. The van der Waals surface area contributed by atoms with Crippen LogP contribution in [0.3, 0.4) is 0 Å². The predicted octanol–water partition coefficient (Wildman–Crippen LogP) is 2.58. The Morgan fingerprint density at radius 3 is 2.36 bits per heavy atom. The number of nitrogens with one attached hydrogen (secondary N) is 1. The third-order valence-corrected chi connectivity index (χ3v) is 4.61. The maximum absolute atomic E-state index is 10.2. The molecule has 0 fully saturated rings. The molecule has 0 aliphatic carbocycles. The van der Waals surface area contributed by atoms with Crippen molar-refractivity contribution >= 4 is 11.5 Å². The summed E-state index contributed by atoms with van der Waals surface area (Å²) in [4.78, 5) is 6.65. The van der Waals surface area contributed by atoms with Crippen molar-refractivity contribution in [3.8, 4) is 11.5 Å². The molecule has 28 heavy (non-hydrogen) atoms. The van der Waals surface area contributed by atoms with Crippen molar-refractivity contribution in [1.82, 2.24) is 10.3 Å². The van der Waals surface area contributed by atoms with Crippen molar-refractivity contribution < 1.29 is 15.3 Å². The van der Waals surface area contributed by atoms with Gasteiger partial charge in [0.2, 0.25) is 0 Å². The molecule has 0 unspecified atom stereocenters. The number of nitrogens with zero attached hydrogens (tertiary/aromatic N) is 2. The molecule has 0 spiro atoms. The quantitative estimate of drug-likeness (QED) is 0.206. The summed E-state index contributed by atoms with van der Waals surface area (Å²) in [6.07, 6.45) is 0. The minimum atomic E-state index is -0.0992. The summed E-state index contributed by atoms with van der Waals surface area (Å²) in [6.45, 7) is 8.35. The van der Waals surface area contributed by atoms with Gasteiger partial charge in [0.25, 0.3) is 0 Å². The van der Waals surface area contributed by atoms with Crippen LogP contribution in [0, 0.1) is 0 Å². The first-order valence-corrected chi connectivity index (χ1v) is 9.43. The number of phenolic OH excluding ortho intramolecular Hbond substituents is 2. The largest absolute Gasteiger partial charge is 0.508 e. The average Bonchev–Trinajstić information content (AvgIpc) is 2.67. The van der Waals surface area contributed by atoms with Crippen molar-refractivity contribution in [3.63, 3.8) is 0 Å². The van der Waals surface area contributed by atoms with Gasteiger partial charge in [-0.05, 0) is 41.8 Å². The number of rotatable bonds is 8. The highest BCUT2D eigenvalue weighted by atomic mass is 16.3. The SMILES string of the molecule is CCN(CCO)Cc1ccc(N=C(NN)c2cc(C(C)C)c(O)cc2O)cc1. The molecule has 6 N–H and O–H groups in total. The Hall–Kier alpha value is -2.61. The summed E-state index contributed by atoms with van der Waals surface area (Å²) in [7, 11) is 0. The molecule has 0 bridgehead atoms. The zero-order valence-electron chi connectivity index (χ0n) is 16.7. The Balaban J connectivity index is 2.29. The van der Waals surface area contributed by atoms with Crippen molar-refractivity contribution in [2.45, 2.75) is 33.2 Å². The van der Waals surface area contributed by atoms with Gasteiger partial charge in [0.05, 0.1) is 17.9 Å². The van der Waals surface area contributed by atoms with Crippen LogP contribution in [0.1, 0.15) is 43.4 Å². The van der Waals surface area contributed by atoms with Crippen molar-refractivity contribution in [3.05, 3.63) is 53.1 Å². The van der Waals surface area contributed by atoms with Gasteiger partial charge in [-0.15, -0.1) is 0 Å². The number of aromatic hydroxyl groups is 2. The van der Waals surface area contributed by atoms with Crippen LogP contribution in [-0.2, 0) is 6.54 Å². The van der Waals surface area contributed by atoms with Crippen LogP contribution in [-0.4, -0.2) is 45.8 Å². The molecule has 0 saturated heterocycles. The highest BCUT2D eigenvalue weighted by Crippen LogP contribution is 2.32. The van der Waals surface area contributed by atoms with E-state index in [4.69, 9.17) is 10.9 Å². The smallest absolute Gasteiger partial charge is 0.151 e. The minimum absolute atomic E-state index is 0.0420. The maximum atomic E-state index is 10.2. The summed E-state index contributed by atoms with van der Waals surface area (Å²) < 4.78 is 0. The molecular weight excluding hydrogens is 356 g/mol. The highest BCUT2D eigenvalue weighted by molar-refractivity contribution is 6.02. The van der Waals surface area contributed by atoms with E-state index in [1.54, 1.807) is 6.07 Å². The molecule has 0 atom stereocenters. The van der Waals surface area contributed by atoms with Gasteiger partial charge in [0.15, 0.2) is 5.84 Å². The molecular formula is C21H30N4O3. The third-order valence-electron chi connectivity index (χ3n) is 4.61. The first-order chi connectivity index (χ1) is 13.4. The number of hydrogen-bond donors (Lipinski definition) is 5. The van der Waals surface area contributed by atoms with Gasteiger partial charge in [-0.3, -0.25) is 4.90 Å². The number of amidine groups is 1. The zero-order chi connectivity index (χ0) is 20.7. The lowest BCUT2D eigenvalue weighted by atomic mass is 9.98. The monoisotopic (exact) mass is 386 g/mol. The summed E-state index contributed by atoms with van der Waals surface area (Å²) >= 11 is 0. The standard InChI is InChI=1S/C21H30N4O3/c1-4-25(9-10-26)13-15-5-7-16(8-6-15)23-21(24-22)18-11-17(14(2)3)19(27)12-20(18)28/h5-8,11-12,14,26-28H,4,9-10,13,22H2,1-3H3,(H,23,24). The van der Waals surface area contributed by atoms with Crippen LogP contribution < -0.4 is 11.3 Å². The van der Waals surface area contributed by atoms with Crippen LogP contribution in [0.15, 0.2) is 41.4 Å². The first-order valence-electron chi connectivity index (χ1n) is 9.43. The van der Waals surface area contributed by atoms with Crippen molar-refractivity contribution in [1.29, 1.82) is 0 Å². The molecule has 0 heterocycles. The van der Waals surface area contributed by atoms with E-state index in [9.17, 15) is 10.2 Å². The van der Waals surface area contributed by atoms with Crippen LogP contribution >= 0.6 is 0 Å². The van der Waals surface area contributed by atoms with E-state index >= 15 is 0 Å². The minimum Gasteiger partial charge on any atom is -0.508 e. The van der Waals surface area contributed by atoms with Crippen LogP contribution in [0.2, 0.25) is 0 Å². The van der Waals surface area contributed by atoms with Crippen LogP contribution in [0.4, 0.5) is 5.69 Å². The lowest BCUT2D eigenvalue weighted by Crippen LogP contribution is -2.31. The van der Waals surface area contributed by atoms with Gasteiger partial charge < -0.3 is 20.7 Å². The second-order valence-electron chi connectivity index (χ2n) is 6.95. The van der Waals surface area contributed by atoms with E-state index in [2.05, 4.69) is 22.2 Å². The molecule has 2 rings (SSSR count). The Labute approximate surface area is 166 Å². The Bertz CT molecular complexity index is 804. The third kappa shape index (κ3) is 5.45. The van der Waals surface area contributed by atoms with Gasteiger partial charge in [-0.1, -0.05) is 32.9 Å². The summed E-state index contributed by atoms with van der Waals surface area (Å²) in [5, 5.41) is 29.4. The first kappa shape index (κ1) is 21.7. The number of aliphatic hydroxyl groups is 1. The number of likely N-dealkylation sites (N-methyl/N-ethyl adjacent to an activating group) is 1. The molecule has 2 aromatic rings. The normalized spacial score (nSPS) is 12.0. The van der Waals surface area contributed by atoms with E-state index in [0.717, 1.165) is 18.7 Å². The molecule has 0 aliphatic heterocycles. The molecule has 0 saturated carbocycles. The number of hydrogen-bond acceptors (Lipinski definition) is 6. The van der Waals surface area contributed by atoms with E-state index < -0.39 is 0 Å². The van der Waals surface area contributed by atoms with Gasteiger partial charge >= 0.3 is 0 Å². The van der Waals surface area contributed by atoms with Gasteiger partial charge in [-0.25, -0.2) is 10.8 Å². The van der Waals surface area contributed by atoms with Gasteiger partial charge in [0.1, 0.15) is 11.5 Å². The van der Waals surface area contributed by atoms with Crippen LogP contribution in [0.5, 0.6) is 11.5 Å². The number of aliphatic imine (C=N–C) groups is 1. The Kier molecular flexibility index (Phi) is 7.80. The lowest BCUT2D eigenvalue weighted by molar-refractivity contribution is 0.197. The van der Waals surface area contributed by atoms with Gasteiger partial charge in [-0.2, -0.15) is 0 Å². The second-order valence-corrected chi connectivity index (χ2v) is 6.95. The molecule has 0 aromatic heterocycles. The molecule has 2 aromatic carbocycles. The maximum Gasteiger partial charge on any atom is 0.151 e. The Morgan fingerprint density at radius 2 is 1.82 bits per heavy atom. The van der Waals surface area contributed by atoms with Gasteiger partial charge in [0, 0.05) is 19.2 Å². The molecule has 0 radical (unpaired) electrons. The number of aliphatic hydroxyl groups excluding tert-OH is 1. The topological polar surface area (TPSA) is 114 Å². The highest BCUT2D eigenvalue weighted by Gasteiger charge is 2.15. The van der Waals surface area contributed by atoms with E-state index in [-0.39, 0.29) is 24.0 Å². The van der Waals surface area contributed by atoms with E-state index in [1.165, 1.54) is 6.07 Å². The molecule has 0 amide bonds. The summed E-state index contributed by atoms with van der Waals surface area (Å²) in [5.41, 5.74) is 5.46. The fourth-order valence-electron chi connectivity index (χ4n) is 2.97. The predicted molar refractivity (Wildman–Crippen MR) is 112 cm³/mol. The molecule has 7 nitrogen and oxygen atoms in total. The van der Waals surface area contributed by atoms with Crippen molar-refractivity contribution in [2.24, 2.45) is 10.8 Å². The summed E-state index contributed by atoms with van der Waals surface area (Å²) in [6, 6.07) is 10.7. The molecule has 7 heteroatoms. The molecule has 152 valence electrons. The average molecular weight is 386 g/mol. The van der Waals surface area contributed by atoms with E-state index in [1.807, 2.05) is 38.1 Å². The fourth-order valence-corrected chi connectivity index (χ4v) is 2.97. The van der Waals surface area contributed by atoms with Crippen molar-refractivity contribution in [2.75, 3.05) is 19.7 Å². The summed E-state index contributed by atoms with van der Waals surface area (Å²) in [5.74, 6) is 5.98. The number of hydrazine groups is 1.